The molecule has 0 unspecified atom stereocenters. The number of anilines is 1. The minimum Gasteiger partial charge on any atom is -0.328 e. The number of nitrogens with one attached hydrogen (secondary N) is 1. The third-order valence-electron chi connectivity index (χ3n) is 5.65. The summed E-state index contributed by atoms with van der Waals surface area (Å²) in [5.41, 5.74) is 8.33. The summed E-state index contributed by atoms with van der Waals surface area (Å²) in [6.45, 7) is 5.17. The lowest BCUT2D eigenvalue weighted by atomic mass is 9.85. The monoisotopic (exact) mass is 443 g/mol. The fraction of sp³-hybridized carbons (Fsp3) is 0.550. The summed E-state index contributed by atoms with van der Waals surface area (Å²) in [5.74, 6) is -0.234. The van der Waals surface area contributed by atoms with Crippen molar-refractivity contribution in [2.45, 2.75) is 58.5 Å². The van der Waals surface area contributed by atoms with Gasteiger partial charge in [-0.2, -0.15) is 5.10 Å². The van der Waals surface area contributed by atoms with Gasteiger partial charge in [-0.1, -0.05) is 20.3 Å². The number of pyridine rings is 1. The molecule has 4 rings (SSSR count). The predicted molar refractivity (Wildman–Crippen MR) is 116 cm³/mol. The standard InChI is InChI=1S/C20H26FN5O.2ClH/c1-20(2)8-17-15(9-24-26(17)11-20)14-7-18(23-10-16(14)21)25-19(27)12-4-3-5-13(22)6-12;;/h7,9-10,12-13H,3-6,8,11,22H2,1-2H3,(H,23,25,27);2*1H/t12-,13+;;/m0../s1. The van der Waals surface area contributed by atoms with Crippen molar-refractivity contribution in [3.05, 3.63) is 30.0 Å². The molecule has 6 nitrogen and oxygen atoms in total. The molecule has 160 valence electrons. The molecule has 1 aliphatic heterocycles. The second-order valence-electron chi connectivity index (χ2n) is 8.67. The molecule has 2 aromatic heterocycles. The maximum absolute atomic E-state index is 14.5. The Hall–Kier alpha value is -1.70. The van der Waals surface area contributed by atoms with Crippen LogP contribution in [-0.4, -0.2) is 26.7 Å². The molecular weight excluding hydrogens is 416 g/mol. The number of nitrogens with zero attached hydrogens (tertiary/aromatic N) is 3. The maximum Gasteiger partial charge on any atom is 0.228 e. The van der Waals surface area contributed by atoms with Crippen molar-refractivity contribution >= 4 is 36.5 Å². The van der Waals surface area contributed by atoms with Crippen molar-refractivity contribution in [3.63, 3.8) is 0 Å². The molecule has 1 saturated carbocycles. The summed E-state index contributed by atoms with van der Waals surface area (Å²) in [4.78, 5) is 16.6. The van der Waals surface area contributed by atoms with Gasteiger partial charge in [-0.05, 0) is 37.2 Å². The number of amides is 1. The summed E-state index contributed by atoms with van der Waals surface area (Å²) >= 11 is 0. The summed E-state index contributed by atoms with van der Waals surface area (Å²) in [6, 6.07) is 1.68. The van der Waals surface area contributed by atoms with Gasteiger partial charge in [-0.3, -0.25) is 9.48 Å². The number of rotatable bonds is 3. The van der Waals surface area contributed by atoms with Crippen LogP contribution in [0, 0.1) is 17.2 Å². The number of halogens is 3. The molecule has 0 aromatic carbocycles. The number of aromatic nitrogens is 3. The Labute approximate surface area is 182 Å². The van der Waals surface area contributed by atoms with E-state index in [4.69, 9.17) is 5.73 Å². The van der Waals surface area contributed by atoms with E-state index in [-0.39, 0.29) is 48.1 Å². The minimum atomic E-state index is -0.409. The van der Waals surface area contributed by atoms with Crippen LogP contribution in [0.2, 0.25) is 0 Å². The first-order chi connectivity index (χ1) is 12.8. The van der Waals surface area contributed by atoms with Gasteiger partial charge in [0.05, 0.1) is 12.4 Å². The summed E-state index contributed by atoms with van der Waals surface area (Å²) in [7, 11) is 0. The molecule has 3 heterocycles. The lowest BCUT2D eigenvalue weighted by Gasteiger charge is -2.25. The summed E-state index contributed by atoms with van der Waals surface area (Å²) < 4.78 is 16.4. The van der Waals surface area contributed by atoms with Crippen LogP contribution in [0.3, 0.4) is 0 Å². The normalized spacial score (nSPS) is 22.2. The fourth-order valence-electron chi connectivity index (χ4n) is 4.28. The van der Waals surface area contributed by atoms with Gasteiger partial charge >= 0.3 is 0 Å². The topological polar surface area (TPSA) is 85.8 Å². The van der Waals surface area contributed by atoms with Crippen LogP contribution in [-0.2, 0) is 17.8 Å². The Bertz CT molecular complexity index is 886. The minimum absolute atomic E-state index is 0. The second-order valence-corrected chi connectivity index (χ2v) is 8.67. The number of nitrogens with two attached hydrogens (primary N) is 1. The van der Waals surface area contributed by atoms with Gasteiger partial charge < -0.3 is 11.1 Å². The van der Waals surface area contributed by atoms with Gasteiger partial charge in [-0.15, -0.1) is 24.8 Å². The molecular formula is C20H28Cl2FN5O. The van der Waals surface area contributed by atoms with Crippen LogP contribution < -0.4 is 11.1 Å². The van der Waals surface area contributed by atoms with Crippen LogP contribution in [0.15, 0.2) is 18.5 Å². The number of carbonyl (C=O) groups is 1. The summed E-state index contributed by atoms with van der Waals surface area (Å²) in [5, 5.41) is 7.26. The fourth-order valence-corrected chi connectivity index (χ4v) is 4.28. The Morgan fingerprint density at radius 3 is 2.76 bits per heavy atom. The molecule has 0 bridgehead atoms. The molecule has 3 N–H and O–H groups in total. The third-order valence-corrected chi connectivity index (χ3v) is 5.65. The molecule has 0 spiro atoms. The van der Waals surface area contributed by atoms with Gasteiger partial charge in [0.2, 0.25) is 5.91 Å². The number of hydrogen-bond acceptors (Lipinski definition) is 4. The van der Waals surface area contributed by atoms with Crippen molar-refractivity contribution in [1.29, 1.82) is 0 Å². The van der Waals surface area contributed by atoms with E-state index in [0.29, 0.717) is 17.8 Å². The van der Waals surface area contributed by atoms with E-state index in [9.17, 15) is 9.18 Å². The zero-order chi connectivity index (χ0) is 19.2. The molecule has 9 heteroatoms. The molecule has 2 atom stereocenters. The average molecular weight is 444 g/mol. The van der Waals surface area contributed by atoms with E-state index in [1.165, 1.54) is 6.20 Å². The van der Waals surface area contributed by atoms with Gasteiger partial charge in [0.25, 0.3) is 0 Å². The average Bonchev–Trinajstić information content (AvgIpc) is 3.11. The van der Waals surface area contributed by atoms with Crippen LogP contribution in [0.25, 0.3) is 11.1 Å². The van der Waals surface area contributed by atoms with Crippen LogP contribution >= 0.6 is 24.8 Å². The van der Waals surface area contributed by atoms with E-state index < -0.39 is 5.82 Å². The number of hydrogen-bond donors (Lipinski definition) is 2. The van der Waals surface area contributed by atoms with E-state index in [2.05, 4.69) is 29.2 Å². The van der Waals surface area contributed by atoms with E-state index >= 15 is 0 Å². The lowest BCUT2D eigenvalue weighted by Crippen LogP contribution is -2.34. The third kappa shape index (κ3) is 4.90. The Morgan fingerprint density at radius 2 is 2.03 bits per heavy atom. The first-order valence-corrected chi connectivity index (χ1v) is 9.59. The highest BCUT2D eigenvalue weighted by molar-refractivity contribution is 5.92. The highest BCUT2D eigenvalue weighted by Gasteiger charge is 2.32. The van der Waals surface area contributed by atoms with Gasteiger partial charge in [-0.25, -0.2) is 9.37 Å². The van der Waals surface area contributed by atoms with Crippen molar-refractivity contribution < 1.29 is 9.18 Å². The Morgan fingerprint density at radius 1 is 1.28 bits per heavy atom. The van der Waals surface area contributed by atoms with Gasteiger partial charge in [0, 0.05) is 35.3 Å². The molecule has 2 aromatic rings. The van der Waals surface area contributed by atoms with Crippen LogP contribution in [0.1, 0.15) is 45.2 Å². The number of fused-ring (bicyclic) bond motifs is 1. The van der Waals surface area contributed by atoms with Gasteiger partial charge in [0.15, 0.2) is 0 Å². The van der Waals surface area contributed by atoms with Crippen molar-refractivity contribution in [2.75, 3.05) is 5.32 Å². The smallest absolute Gasteiger partial charge is 0.228 e. The molecule has 0 radical (unpaired) electrons. The quantitative estimate of drug-likeness (QED) is 0.751. The maximum atomic E-state index is 14.5. The lowest BCUT2D eigenvalue weighted by molar-refractivity contribution is -0.120. The SMILES string of the molecule is CC1(C)Cc2c(-c3cc(NC(=O)[C@H]4CCC[C@@H](N)C4)ncc3F)cnn2C1.Cl.Cl. The molecule has 29 heavy (non-hydrogen) atoms. The van der Waals surface area contributed by atoms with Crippen molar-refractivity contribution in [1.82, 2.24) is 14.8 Å². The first kappa shape index (κ1) is 23.6. The van der Waals surface area contributed by atoms with Crippen molar-refractivity contribution in [3.8, 4) is 11.1 Å². The molecule has 2 aliphatic rings. The van der Waals surface area contributed by atoms with Crippen molar-refractivity contribution in [2.24, 2.45) is 17.1 Å². The van der Waals surface area contributed by atoms with E-state index in [1.54, 1.807) is 12.3 Å². The molecule has 1 fully saturated rings. The Kier molecular flexibility index (Phi) is 7.30. The zero-order valence-corrected chi connectivity index (χ0v) is 18.3. The van der Waals surface area contributed by atoms with Gasteiger partial charge in [0.1, 0.15) is 11.6 Å². The predicted octanol–water partition coefficient (Wildman–Crippen LogP) is 3.97. The first-order valence-electron chi connectivity index (χ1n) is 9.59. The van der Waals surface area contributed by atoms with E-state index in [1.807, 2.05) is 4.68 Å². The summed E-state index contributed by atoms with van der Waals surface area (Å²) in [6.07, 6.45) is 7.15. The largest absolute Gasteiger partial charge is 0.328 e. The molecule has 1 amide bonds. The highest BCUT2D eigenvalue weighted by Crippen LogP contribution is 2.38. The zero-order valence-electron chi connectivity index (χ0n) is 16.7. The molecule has 0 saturated heterocycles. The second kappa shape index (κ2) is 8.98. The van der Waals surface area contributed by atoms with E-state index in [0.717, 1.165) is 43.5 Å². The Balaban J connectivity index is 0.00000150. The highest BCUT2D eigenvalue weighted by atomic mass is 35.5. The number of carbonyl (C=O) groups excluding carboxylic acids is 1. The van der Waals surface area contributed by atoms with Crippen LogP contribution in [0.5, 0.6) is 0 Å². The molecule has 1 aliphatic carbocycles. The van der Waals surface area contributed by atoms with Crippen LogP contribution in [0.4, 0.5) is 10.2 Å².